The normalized spacial score (nSPS) is 14.5. The van der Waals surface area contributed by atoms with Crippen molar-refractivity contribution in [2.24, 2.45) is 0 Å². The van der Waals surface area contributed by atoms with Gasteiger partial charge in [0.05, 0.1) is 16.6 Å². The van der Waals surface area contributed by atoms with E-state index in [-0.39, 0.29) is 0 Å². The molecule has 0 unspecified atom stereocenters. The predicted molar refractivity (Wildman–Crippen MR) is 97.3 cm³/mol. The van der Waals surface area contributed by atoms with Crippen LogP contribution in [-0.2, 0) is 12.8 Å². The molecule has 0 atom stereocenters. The third kappa shape index (κ3) is 1.98. The van der Waals surface area contributed by atoms with Crippen molar-refractivity contribution >= 4 is 37.9 Å². The van der Waals surface area contributed by atoms with E-state index in [1.54, 1.807) is 0 Å². The largest absolute Gasteiger partial charge is 0.323 e. The van der Waals surface area contributed by atoms with Crippen LogP contribution in [0.4, 0.5) is 0 Å². The standard InChI is InChI=1S/C19H16BrN3/c20-12-9-10-18-14(11-12)13-5-1-4-8-17(13)23(18)19-21-15-6-2-3-7-16(15)22-19/h2-3,6-7,9-11H,1,4-5,8H2,(H,21,22). The van der Waals surface area contributed by atoms with Crippen molar-refractivity contribution in [1.82, 2.24) is 14.5 Å². The highest BCUT2D eigenvalue weighted by atomic mass is 79.9. The fourth-order valence-corrected chi connectivity index (χ4v) is 4.16. The summed E-state index contributed by atoms with van der Waals surface area (Å²) in [6.45, 7) is 0. The van der Waals surface area contributed by atoms with Gasteiger partial charge < -0.3 is 4.98 Å². The van der Waals surface area contributed by atoms with Crippen molar-refractivity contribution in [3.05, 3.63) is 58.2 Å². The van der Waals surface area contributed by atoms with Crippen LogP contribution >= 0.6 is 15.9 Å². The van der Waals surface area contributed by atoms with Crippen molar-refractivity contribution in [2.75, 3.05) is 0 Å². The number of aromatic nitrogens is 3. The highest BCUT2D eigenvalue weighted by molar-refractivity contribution is 9.10. The molecule has 4 aromatic rings. The van der Waals surface area contributed by atoms with E-state index < -0.39 is 0 Å². The molecule has 4 heteroatoms. The number of rotatable bonds is 1. The lowest BCUT2D eigenvalue weighted by atomic mass is 9.96. The van der Waals surface area contributed by atoms with E-state index in [2.05, 4.69) is 55.8 Å². The summed E-state index contributed by atoms with van der Waals surface area (Å²) in [7, 11) is 0. The molecule has 1 aliphatic rings. The first-order valence-corrected chi connectivity index (χ1v) is 8.87. The van der Waals surface area contributed by atoms with Crippen LogP contribution in [0.2, 0.25) is 0 Å². The molecule has 114 valence electrons. The first-order chi connectivity index (χ1) is 11.3. The maximum atomic E-state index is 4.83. The number of imidazole rings is 1. The molecule has 1 N–H and O–H groups in total. The van der Waals surface area contributed by atoms with Gasteiger partial charge in [-0.25, -0.2) is 4.98 Å². The molecule has 0 saturated carbocycles. The predicted octanol–water partition coefficient (Wildman–Crippen LogP) is 5.15. The number of H-pyrrole nitrogens is 1. The molecule has 3 nitrogen and oxygen atoms in total. The molecular weight excluding hydrogens is 350 g/mol. The Morgan fingerprint density at radius 2 is 1.91 bits per heavy atom. The van der Waals surface area contributed by atoms with Gasteiger partial charge in [-0.3, -0.25) is 4.57 Å². The number of nitrogens with zero attached hydrogens (tertiary/aromatic N) is 2. The van der Waals surface area contributed by atoms with Crippen LogP contribution in [0.15, 0.2) is 46.9 Å². The Hall–Kier alpha value is -2.07. The molecule has 0 spiro atoms. The lowest BCUT2D eigenvalue weighted by Crippen LogP contribution is -2.07. The molecule has 0 fully saturated rings. The maximum Gasteiger partial charge on any atom is 0.212 e. The Kier molecular flexibility index (Phi) is 2.89. The van der Waals surface area contributed by atoms with Gasteiger partial charge in [-0.15, -0.1) is 0 Å². The van der Waals surface area contributed by atoms with Gasteiger partial charge in [0, 0.05) is 15.6 Å². The fourth-order valence-electron chi connectivity index (χ4n) is 3.80. The van der Waals surface area contributed by atoms with Gasteiger partial charge in [-0.2, -0.15) is 0 Å². The summed E-state index contributed by atoms with van der Waals surface area (Å²) in [4.78, 5) is 8.33. The van der Waals surface area contributed by atoms with Gasteiger partial charge in [0.1, 0.15) is 0 Å². The van der Waals surface area contributed by atoms with Crippen LogP contribution < -0.4 is 0 Å². The number of fused-ring (bicyclic) bond motifs is 4. The molecule has 2 heterocycles. The van der Waals surface area contributed by atoms with Crippen LogP contribution in [0, 0.1) is 0 Å². The summed E-state index contributed by atoms with van der Waals surface area (Å²) in [6, 6.07) is 14.8. The minimum absolute atomic E-state index is 0.932. The van der Waals surface area contributed by atoms with Crippen LogP contribution in [0.5, 0.6) is 0 Å². The van der Waals surface area contributed by atoms with E-state index in [4.69, 9.17) is 4.98 Å². The topological polar surface area (TPSA) is 33.6 Å². The SMILES string of the molecule is Brc1ccc2c(c1)c1c(n2-c2nc3ccccc3[nH]2)CCCC1. The smallest absolute Gasteiger partial charge is 0.212 e. The minimum atomic E-state index is 0.932. The fraction of sp³-hybridized carbons (Fsp3) is 0.211. The van der Waals surface area contributed by atoms with E-state index in [9.17, 15) is 0 Å². The Bertz CT molecular complexity index is 1010. The van der Waals surface area contributed by atoms with Crippen molar-refractivity contribution in [1.29, 1.82) is 0 Å². The van der Waals surface area contributed by atoms with E-state index >= 15 is 0 Å². The Morgan fingerprint density at radius 1 is 1.04 bits per heavy atom. The van der Waals surface area contributed by atoms with Crippen LogP contribution in [0.1, 0.15) is 24.1 Å². The summed E-state index contributed by atoms with van der Waals surface area (Å²) < 4.78 is 3.47. The third-order valence-corrected chi connectivity index (χ3v) is 5.32. The Balaban J connectivity index is 1.86. The first kappa shape index (κ1) is 13.4. The lowest BCUT2D eigenvalue weighted by Gasteiger charge is -2.14. The Labute approximate surface area is 142 Å². The number of nitrogens with one attached hydrogen (secondary N) is 1. The quantitative estimate of drug-likeness (QED) is 0.497. The number of halogens is 1. The number of hydrogen-bond donors (Lipinski definition) is 1. The molecule has 0 radical (unpaired) electrons. The molecular formula is C19H16BrN3. The Morgan fingerprint density at radius 3 is 2.83 bits per heavy atom. The molecule has 0 bridgehead atoms. The highest BCUT2D eigenvalue weighted by Gasteiger charge is 2.22. The molecule has 5 rings (SSSR count). The minimum Gasteiger partial charge on any atom is -0.323 e. The monoisotopic (exact) mass is 365 g/mol. The van der Waals surface area contributed by atoms with Crippen LogP contribution in [0.25, 0.3) is 27.9 Å². The van der Waals surface area contributed by atoms with Crippen LogP contribution in [0.3, 0.4) is 0 Å². The number of aromatic amines is 1. The summed E-state index contributed by atoms with van der Waals surface area (Å²) in [5.41, 5.74) is 6.27. The molecule has 2 aromatic carbocycles. The van der Waals surface area contributed by atoms with E-state index in [0.717, 1.165) is 34.3 Å². The second kappa shape index (κ2) is 4.96. The van der Waals surface area contributed by atoms with Gasteiger partial charge in [0.25, 0.3) is 0 Å². The van der Waals surface area contributed by atoms with Gasteiger partial charge >= 0.3 is 0 Å². The zero-order valence-electron chi connectivity index (χ0n) is 12.6. The molecule has 2 aromatic heterocycles. The van der Waals surface area contributed by atoms with Crippen molar-refractivity contribution in [3.8, 4) is 5.95 Å². The van der Waals surface area contributed by atoms with Crippen molar-refractivity contribution in [3.63, 3.8) is 0 Å². The maximum absolute atomic E-state index is 4.83. The summed E-state index contributed by atoms with van der Waals surface area (Å²) >= 11 is 3.62. The van der Waals surface area contributed by atoms with Crippen molar-refractivity contribution in [2.45, 2.75) is 25.7 Å². The van der Waals surface area contributed by atoms with Gasteiger partial charge in [-0.05, 0) is 61.6 Å². The summed E-state index contributed by atoms with van der Waals surface area (Å²) in [6.07, 6.45) is 4.82. The molecule has 1 aliphatic carbocycles. The van der Waals surface area contributed by atoms with E-state index in [1.165, 1.54) is 35.0 Å². The zero-order chi connectivity index (χ0) is 15.4. The van der Waals surface area contributed by atoms with Crippen LogP contribution in [-0.4, -0.2) is 14.5 Å². The average molecular weight is 366 g/mol. The molecule has 0 amide bonds. The number of hydrogen-bond acceptors (Lipinski definition) is 1. The average Bonchev–Trinajstić information content (AvgIpc) is 3.13. The number of aryl methyl sites for hydroxylation is 1. The van der Waals surface area contributed by atoms with Gasteiger partial charge in [0.2, 0.25) is 5.95 Å². The second-order valence-corrected chi connectivity index (χ2v) is 7.12. The van der Waals surface area contributed by atoms with Gasteiger partial charge in [-0.1, -0.05) is 28.1 Å². The van der Waals surface area contributed by atoms with E-state index in [0.29, 0.717) is 0 Å². The summed E-state index contributed by atoms with van der Waals surface area (Å²) in [5.74, 6) is 0.932. The van der Waals surface area contributed by atoms with E-state index in [1.807, 2.05) is 12.1 Å². The third-order valence-electron chi connectivity index (χ3n) is 4.82. The highest BCUT2D eigenvalue weighted by Crippen LogP contribution is 2.35. The lowest BCUT2D eigenvalue weighted by molar-refractivity contribution is 0.663. The first-order valence-electron chi connectivity index (χ1n) is 8.08. The number of benzene rings is 2. The second-order valence-electron chi connectivity index (χ2n) is 6.21. The molecule has 0 aliphatic heterocycles. The molecule has 23 heavy (non-hydrogen) atoms. The molecule has 0 saturated heterocycles. The summed E-state index contributed by atoms with van der Waals surface area (Å²) in [5, 5.41) is 1.36. The van der Waals surface area contributed by atoms with Crippen molar-refractivity contribution < 1.29 is 0 Å². The number of para-hydroxylation sites is 2. The zero-order valence-corrected chi connectivity index (χ0v) is 14.2. The van der Waals surface area contributed by atoms with Gasteiger partial charge in [0.15, 0.2) is 0 Å².